The van der Waals surface area contributed by atoms with Gasteiger partial charge in [-0.05, 0) is 0 Å². The molecular formula is C18H26BrN5O7. The van der Waals surface area contributed by atoms with Gasteiger partial charge in [0, 0.05) is 26.7 Å². The molecule has 2 heterocycles. The third-order valence-corrected chi connectivity index (χ3v) is 5.12. The van der Waals surface area contributed by atoms with E-state index in [0.29, 0.717) is 5.69 Å². The molecule has 0 aliphatic carbocycles. The molecule has 1 aliphatic rings. The Balaban J connectivity index is 2.33. The van der Waals surface area contributed by atoms with Crippen molar-refractivity contribution >= 4 is 39.7 Å². The lowest BCUT2D eigenvalue weighted by molar-refractivity contribution is -0.211. The fraction of sp³-hybridized carbons (Fsp3) is 0.667. The molecule has 0 spiro atoms. The molecule has 1 aliphatic heterocycles. The quantitative estimate of drug-likeness (QED) is 0.363. The first-order valence-corrected chi connectivity index (χ1v) is 10.7. The van der Waals surface area contributed by atoms with Crippen molar-refractivity contribution in [1.82, 2.24) is 25.6 Å². The number of nitrogens with one attached hydrogen (secondary N) is 2. The summed E-state index contributed by atoms with van der Waals surface area (Å²) in [7, 11) is 0. The van der Waals surface area contributed by atoms with Crippen LogP contribution in [0.2, 0.25) is 0 Å². The van der Waals surface area contributed by atoms with Crippen molar-refractivity contribution in [3.8, 4) is 0 Å². The number of esters is 2. The van der Waals surface area contributed by atoms with Crippen molar-refractivity contribution in [1.29, 1.82) is 0 Å². The highest BCUT2D eigenvalue weighted by Crippen LogP contribution is 2.34. The molecule has 0 aromatic carbocycles. The monoisotopic (exact) mass is 503 g/mol. The number of nitrogens with zero attached hydrogens (tertiary/aromatic N) is 3. The third-order valence-electron chi connectivity index (χ3n) is 4.61. The Bertz CT molecular complexity index is 817. The Kier molecular flexibility index (Phi) is 8.92. The van der Waals surface area contributed by atoms with Crippen molar-refractivity contribution in [3.05, 3.63) is 11.9 Å². The van der Waals surface area contributed by atoms with Gasteiger partial charge in [0.05, 0.1) is 18.1 Å². The smallest absolute Gasteiger partial charge is 0.302 e. The van der Waals surface area contributed by atoms with Gasteiger partial charge >= 0.3 is 11.9 Å². The molecule has 1 saturated heterocycles. The number of halogens is 1. The Morgan fingerprint density at radius 2 is 1.94 bits per heavy atom. The summed E-state index contributed by atoms with van der Waals surface area (Å²) in [4.78, 5) is 46.3. The third kappa shape index (κ3) is 6.99. The van der Waals surface area contributed by atoms with E-state index in [1.54, 1.807) is 13.1 Å². The number of alkyl halides is 1. The minimum absolute atomic E-state index is 0.0690. The summed E-state index contributed by atoms with van der Waals surface area (Å²) >= 11 is 3.06. The lowest BCUT2D eigenvalue weighted by atomic mass is 9.88. The van der Waals surface area contributed by atoms with E-state index in [-0.39, 0.29) is 30.3 Å². The Morgan fingerprint density at radius 1 is 1.23 bits per heavy atom. The number of carbonyl (C=O) groups is 4. The van der Waals surface area contributed by atoms with E-state index >= 15 is 0 Å². The topological polar surface area (TPSA) is 151 Å². The first kappa shape index (κ1) is 24.7. The van der Waals surface area contributed by atoms with Crippen LogP contribution in [0.4, 0.5) is 0 Å². The van der Waals surface area contributed by atoms with E-state index in [2.05, 4.69) is 36.9 Å². The van der Waals surface area contributed by atoms with E-state index in [1.807, 2.05) is 0 Å². The fourth-order valence-electron chi connectivity index (χ4n) is 3.22. The minimum atomic E-state index is -0.905. The molecule has 0 radical (unpaired) electrons. The lowest BCUT2D eigenvalue weighted by Gasteiger charge is -2.44. The van der Waals surface area contributed by atoms with E-state index in [1.165, 1.54) is 25.5 Å². The maximum absolute atomic E-state index is 11.9. The molecule has 1 aromatic rings. The average molecular weight is 504 g/mol. The van der Waals surface area contributed by atoms with Gasteiger partial charge in [0.15, 0.2) is 6.23 Å². The summed E-state index contributed by atoms with van der Waals surface area (Å²) in [6.45, 7) is 5.72. The largest absolute Gasteiger partial charge is 0.463 e. The summed E-state index contributed by atoms with van der Waals surface area (Å²) in [6, 6.07) is -0.781. The Morgan fingerprint density at radius 3 is 2.52 bits per heavy atom. The maximum atomic E-state index is 11.9. The van der Waals surface area contributed by atoms with Gasteiger partial charge in [-0.2, -0.15) is 0 Å². The van der Waals surface area contributed by atoms with Crippen LogP contribution in [0.15, 0.2) is 6.20 Å². The number of rotatable bonds is 8. The lowest BCUT2D eigenvalue weighted by Crippen LogP contribution is -2.60. The zero-order valence-electron chi connectivity index (χ0n) is 17.7. The molecule has 0 bridgehead atoms. The van der Waals surface area contributed by atoms with Crippen LogP contribution >= 0.6 is 15.9 Å². The SMILES string of the molecule is CC(=O)NC1[C@@H](OC(C)=O)[C@H](C)C(COC(C)=O)O[C@H]1n1cc(CNC(=O)CBr)nn1. The highest BCUT2D eigenvalue weighted by Gasteiger charge is 2.47. The predicted octanol–water partition coefficient (Wildman–Crippen LogP) is -0.178. The van der Waals surface area contributed by atoms with Crippen molar-refractivity contribution in [2.45, 2.75) is 58.7 Å². The highest BCUT2D eigenvalue weighted by molar-refractivity contribution is 9.09. The van der Waals surface area contributed by atoms with Gasteiger partial charge in [-0.1, -0.05) is 28.1 Å². The van der Waals surface area contributed by atoms with Gasteiger partial charge in [0.1, 0.15) is 30.6 Å². The highest BCUT2D eigenvalue weighted by atomic mass is 79.9. The first-order chi connectivity index (χ1) is 14.6. The summed E-state index contributed by atoms with van der Waals surface area (Å²) in [5, 5.41) is 13.6. The second kappa shape index (κ2) is 11.2. The molecule has 5 atom stereocenters. The number of carbonyl (C=O) groups excluding carboxylic acids is 4. The molecule has 172 valence electrons. The van der Waals surface area contributed by atoms with Gasteiger partial charge < -0.3 is 24.8 Å². The molecule has 1 aromatic heterocycles. The van der Waals surface area contributed by atoms with Gasteiger partial charge in [-0.25, -0.2) is 4.68 Å². The molecule has 2 unspecified atom stereocenters. The normalized spacial score (nSPS) is 25.4. The van der Waals surface area contributed by atoms with Crippen LogP contribution in [0.25, 0.3) is 0 Å². The van der Waals surface area contributed by atoms with Crippen molar-refractivity contribution < 1.29 is 33.4 Å². The first-order valence-electron chi connectivity index (χ1n) is 9.58. The molecule has 2 amide bonds. The Hall–Kier alpha value is -2.54. The predicted molar refractivity (Wildman–Crippen MR) is 109 cm³/mol. The van der Waals surface area contributed by atoms with Gasteiger partial charge in [-0.3, -0.25) is 19.2 Å². The molecule has 2 N–H and O–H groups in total. The van der Waals surface area contributed by atoms with Crippen molar-refractivity contribution in [3.63, 3.8) is 0 Å². The van der Waals surface area contributed by atoms with Crippen LogP contribution in [-0.2, 0) is 39.9 Å². The molecule has 2 rings (SSSR count). The minimum Gasteiger partial charge on any atom is -0.463 e. The number of aromatic nitrogens is 3. The second-order valence-corrected chi connectivity index (χ2v) is 7.69. The van der Waals surface area contributed by atoms with Crippen LogP contribution < -0.4 is 10.6 Å². The number of hydrogen-bond acceptors (Lipinski definition) is 9. The van der Waals surface area contributed by atoms with E-state index in [0.717, 1.165) is 0 Å². The van der Waals surface area contributed by atoms with Gasteiger partial charge in [0.25, 0.3) is 0 Å². The Labute approximate surface area is 187 Å². The van der Waals surface area contributed by atoms with Crippen molar-refractivity contribution in [2.75, 3.05) is 11.9 Å². The number of hydrogen-bond donors (Lipinski definition) is 2. The summed E-state index contributed by atoms with van der Waals surface area (Å²) in [6.07, 6.45) is -0.763. The summed E-state index contributed by atoms with van der Waals surface area (Å²) in [5.41, 5.74) is 0.457. The fourth-order valence-corrected chi connectivity index (χ4v) is 3.42. The van der Waals surface area contributed by atoms with Crippen LogP contribution in [0, 0.1) is 5.92 Å². The van der Waals surface area contributed by atoms with Crippen LogP contribution in [0.3, 0.4) is 0 Å². The van der Waals surface area contributed by atoms with Crippen LogP contribution in [-0.4, -0.2) is 68.9 Å². The zero-order valence-corrected chi connectivity index (χ0v) is 19.2. The molecular weight excluding hydrogens is 478 g/mol. The van der Waals surface area contributed by atoms with E-state index in [9.17, 15) is 19.2 Å². The number of amides is 2. The number of ether oxygens (including phenoxy) is 3. The molecule has 31 heavy (non-hydrogen) atoms. The zero-order chi connectivity index (χ0) is 23.1. The molecule has 0 saturated carbocycles. The standard InChI is InChI=1S/C18H26BrN5O7/c1-9-14(8-29-11(3)26)31-18(16(21-10(2)25)17(9)30-12(4)27)24-7-13(22-23-24)6-20-15(28)5-19/h7,9,14,16-18H,5-6,8H2,1-4H3,(H,20,28)(H,21,25)/t9-,14?,16?,17+,18-/m1/s1. The molecule has 12 nitrogen and oxygen atoms in total. The van der Waals surface area contributed by atoms with Gasteiger partial charge in [-0.15, -0.1) is 5.10 Å². The van der Waals surface area contributed by atoms with E-state index in [4.69, 9.17) is 14.2 Å². The maximum Gasteiger partial charge on any atom is 0.302 e. The van der Waals surface area contributed by atoms with Crippen LogP contribution in [0.5, 0.6) is 0 Å². The summed E-state index contributed by atoms with van der Waals surface area (Å²) < 4.78 is 18.1. The van der Waals surface area contributed by atoms with Crippen molar-refractivity contribution in [2.24, 2.45) is 5.92 Å². The summed E-state index contributed by atoms with van der Waals surface area (Å²) in [5.74, 6) is -1.99. The van der Waals surface area contributed by atoms with Gasteiger partial charge in [0.2, 0.25) is 11.8 Å². The second-order valence-electron chi connectivity index (χ2n) is 7.13. The van der Waals surface area contributed by atoms with E-state index < -0.39 is 42.3 Å². The molecule has 1 fully saturated rings. The molecule has 13 heteroatoms. The van der Waals surface area contributed by atoms with Crippen LogP contribution in [0.1, 0.15) is 39.6 Å². The average Bonchev–Trinajstić information content (AvgIpc) is 3.16.